The van der Waals surface area contributed by atoms with E-state index in [0.717, 1.165) is 6.07 Å². The molecule has 0 spiro atoms. The van der Waals surface area contributed by atoms with Crippen LogP contribution in [0.25, 0.3) is 0 Å². The lowest BCUT2D eigenvalue weighted by atomic mass is 10.2. The number of benzene rings is 2. The average molecular weight is 328 g/mol. The van der Waals surface area contributed by atoms with Crippen molar-refractivity contribution in [3.63, 3.8) is 0 Å². The maximum Gasteiger partial charge on any atom is 0.337 e. The number of nitro groups is 1. The molecule has 0 fully saturated rings. The van der Waals surface area contributed by atoms with Crippen molar-refractivity contribution >= 4 is 34.9 Å². The van der Waals surface area contributed by atoms with E-state index in [0.29, 0.717) is 0 Å². The molecule has 0 saturated carbocycles. The fourth-order valence-corrected chi connectivity index (χ4v) is 2.00. The first-order chi connectivity index (χ1) is 9.88. The fraction of sp³-hybridized carbons (Fsp3) is 0. The topological polar surface area (TPSA) is 89.7 Å². The number of carbonyl (C=O) groups is 1. The van der Waals surface area contributed by atoms with Crippen molar-refractivity contribution in [2.75, 3.05) is 0 Å². The predicted octanol–water partition coefficient (Wildman–Crippen LogP) is 4.39. The Morgan fingerprint density at radius 2 is 1.90 bits per heavy atom. The lowest BCUT2D eigenvalue weighted by Crippen LogP contribution is -1.98. The van der Waals surface area contributed by atoms with E-state index in [1.54, 1.807) is 0 Å². The van der Waals surface area contributed by atoms with Crippen LogP contribution >= 0.6 is 23.2 Å². The van der Waals surface area contributed by atoms with Crippen molar-refractivity contribution in [2.24, 2.45) is 0 Å². The van der Waals surface area contributed by atoms with E-state index in [9.17, 15) is 14.9 Å². The monoisotopic (exact) mass is 327 g/mol. The van der Waals surface area contributed by atoms with Crippen LogP contribution in [0.5, 0.6) is 11.5 Å². The van der Waals surface area contributed by atoms with Gasteiger partial charge < -0.3 is 9.84 Å². The van der Waals surface area contributed by atoms with Crippen LogP contribution in [-0.4, -0.2) is 16.0 Å². The molecule has 0 saturated heterocycles. The number of rotatable bonds is 4. The summed E-state index contributed by atoms with van der Waals surface area (Å²) in [7, 11) is 0. The molecule has 2 aromatic rings. The zero-order valence-corrected chi connectivity index (χ0v) is 11.8. The first kappa shape index (κ1) is 15.1. The number of nitro benzene ring substituents is 1. The number of carboxylic acids is 1. The number of carboxylic acid groups (broad SMARTS) is 1. The van der Waals surface area contributed by atoms with Crippen LogP contribution in [0.1, 0.15) is 10.4 Å². The van der Waals surface area contributed by atoms with Gasteiger partial charge in [0.15, 0.2) is 0 Å². The normalized spacial score (nSPS) is 10.2. The predicted molar refractivity (Wildman–Crippen MR) is 76.6 cm³/mol. The minimum Gasteiger partial charge on any atom is -0.478 e. The third-order valence-corrected chi connectivity index (χ3v) is 3.06. The molecule has 0 aliphatic heterocycles. The Morgan fingerprint density at radius 1 is 1.19 bits per heavy atom. The van der Waals surface area contributed by atoms with Gasteiger partial charge in [0.05, 0.1) is 15.5 Å². The molecular weight excluding hydrogens is 321 g/mol. The second-order valence-electron chi connectivity index (χ2n) is 3.92. The fourth-order valence-electron chi connectivity index (χ4n) is 1.58. The molecular formula is C13H7Cl2NO5. The quantitative estimate of drug-likeness (QED) is 0.664. The van der Waals surface area contributed by atoms with Crippen LogP contribution in [0.3, 0.4) is 0 Å². The molecule has 0 radical (unpaired) electrons. The largest absolute Gasteiger partial charge is 0.478 e. The van der Waals surface area contributed by atoms with Gasteiger partial charge in [0.1, 0.15) is 5.75 Å². The molecule has 0 aliphatic rings. The Kier molecular flexibility index (Phi) is 4.30. The van der Waals surface area contributed by atoms with E-state index in [2.05, 4.69) is 0 Å². The van der Waals surface area contributed by atoms with E-state index < -0.39 is 10.9 Å². The van der Waals surface area contributed by atoms with Crippen LogP contribution in [0.4, 0.5) is 5.69 Å². The Balaban J connectivity index is 2.37. The van der Waals surface area contributed by atoms with Gasteiger partial charge in [0.25, 0.3) is 0 Å². The minimum atomic E-state index is -1.18. The highest BCUT2D eigenvalue weighted by Gasteiger charge is 2.17. The maximum atomic E-state index is 10.9. The summed E-state index contributed by atoms with van der Waals surface area (Å²) in [5.74, 6) is -1.03. The van der Waals surface area contributed by atoms with Crippen molar-refractivity contribution in [1.29, 1.82) is 0 Å². The molecule has 2 aromatic carbocycles. The number of hydrogen-bond donors (Lipinski definition) is 1. The highest BCUT2D eigenvalue weighted by molar-refractivity contribution is 6.33. The molecule has 8 heteroatoms. The Morgan fingerprint density at radius 3 is 2.48 bits per heavy atom. The van der Waals surface area contributed by atoms with E-state index in [-0.39, 0.29) is 32.8 Å². The van der Waals surface area contributed by atoms with Crippen LogP contribution in [0.2, 0.25) is 10.0 Å². The summed E-state index contributed by atoms with van der Waals surface area (Å²) in [5, 5.41) is 20.0. The van der Waals surface area contributed by atoms with E-state index in [1.807, 2.05) is 0 Å². The van der Waals surface area contributed by atoms with Gasteiger partial charge >= 0.3 is 11.7 Å². The molecule has 0 amide bonds. The Bertz CT molecular complexity index is 732. The van der Waals surface area contributed by atoms with Gasteiger partial charge in [0, 0.05) is 17.2 Å². The molecule has 0 unspecified atom stereocenters. The van der Waals surface area contributed by atoms with Gasteiger partial charge in [-0.3, -0.25) is 10.1 Å². The maximum absolute atomic E-state index is 10.9. The van der Waals surface area contributed by atoms with Crippen LogP contribution in [-0.2, 0) is 0 Å². The van der Waals surface area contributed by atoms with Crippen LogP contribution in [0.15, 0.2) is 36.4 Å². The van der Waals surface area contributed by atoms with Crippen LogP contribution < -0.4 is 4.74 Å². The number of nitrogens with zero attached hydrogens (tertiary/aromatic N) is 1. The zero-order chi connectivity index (χ0) is 15.6. The lowest BCUT2D eigenvalue weighted by molar-refractivity contribution is -0.385. The third kappa shape index (κ3) is 3.42. The molecule has 0 heterocycles. The second kappa shape index (κ2) is 5.99. The Labute approximate surface area is 128 Å². The highest BCUT2D eigenvalue weighted by Crippen LogP contribution is 2.34. The second-order valence-corrected chi connectivity index (χ2v) is 4.76. The smallest absolute Gasteiger partial charge is 0.337 e. The van der Waals surface area contributed by atoms with E-state index in [4.69, 9.17) is 33.0 Å². The van der Waals surface area contributed by atoms with Crippen molar-refractivity contribution in [2.45, 2.75) is 0 Å². The summed E-state index contributed by atoms with van der Waals surface area (Å²) in [5.41, 5.74) is -0.393. The summed E-state index contributed by atoms with van der Waals surface area (Å²) in [4.78, 5) is 21.2. The molecule has 6 nitrogen and oxygen atoms in total. The van der Waals surface area contributed by atoms with Gasteiger partial charge in [-0.25, -0.2) is 4.79 Å². The molecule has 1 N–H and O–H groups in total. The molecule has 108 valence electrons. The zero-order valence-electron chi connectivity index (χ0n) is 10.2. The van der Waals surface area contributed by atoms with E-state index >= 15 is 0 Å². The van der Waals surface area contributed by atoms with Gasteiger partial charge in [0.2, 0.25) is 5.75 Å². The molecule has 0 aromatic heterocycles. The SMILES string of the molecule is O=C(O)c1ccc(Oc2ccc(Cl)cc2[N+](=O)[O-])cc1Cl. The number of hydrogen-bond acceptors (Lipinski definition) is 4. The Hall–Kier alpha value is -2.31. The molecule has 0 bridgehead atoms. The van der Waals surface area contributed by atoms with Crippen molar-refractivity contribution < 1.29 is 19.6 Å². The first-order valence-electron chi connectivity index (χ1n) is 5.53. The van der Waals surface area contributed by atoms with Crippen molar-refractivity contribution in [3.8, 4) is 11.5 Å². The first-order valence-corrected chi connectivity index (χ1v) is 6.28. The molecule has 2 rings (SSSR count). The van der Waals surface area contributed by atoms with Gasteiger partial charge in [-0.1, -0.05) is 23.2 Å². The highest BCUT2D eigenvalue weighted by atomic mass is 35.5. The average Bonchev–Trinajstić information content (AvgIpc) is 2.40. The third-order valence-electron chi connectivity index (χ3n) is 2.52. The summed E-state index contributed by atoms with van der Waals surface area (Å²) < 4.78 is 5.36. The van der Waals surface area contributed by atoms with Crippen LogP contribution in [0, 0.1) is 10.1 Å². The summed E-state index contributed by atoms with van der Waals surface area (Å²) in [6.45, 7) is 0. The number of ether oxygens (including phenoxy) is 1. The van der Waals surface area contributed by atoms with Gasteiger partial charge in [-0.15, -0.1) is 0 Å². The van der Waals surface area contributed by atoms with Crippen molar-refractivity contribution in [1.82, 2.24) is 0 Å². The lowest BCUT2D eigenvalue weighted by Gasteiger charge is -2.08. The van der Waals surface area contributed by atoms with Gasteiger partial charge in [-0.2, -0.15) is 0 Å². The standard InChI is InChI=1S/C13H7Cl2NO5/c14-7-1-4-12(11(5-7)16(19)20)21-8-2-3-9(13(17)18)10(15)6-8/h1-6H,(H,17,18). The summed E-state index contributed by atoms with van der Waals surface area (Å²) in [6, 6.07) is 7.82. The molecule has 0 atom stereocenters. The molecule has 21 heavy (non-hydrogen) atoms. The van der Waals surface area contributed by atoms with Crippen molar-refractivity contribution in [3.05, 3.63) is 62.1 Å². The summed E-state index contributed by atoms with van der Waals surface area (Å²) >= 11 is 11.5. The van der Waals surface area contributed by atoms with E-state index in [1.165, 1.54) is 30.3 Å². The number of halogens is 2. The minimum absolute atomic E-state index is 0.0245. The van der Waals surface area contributed by atoms with Gasteiger partial charge in [-0.05, 0) is 24.3 Å². The summed E-state index contributed by atoms with van der Waals surface area (Å²) in [6.07, 6.45) is 0. The number of aromatic carboxylic acids is 1. The molecule has 0 aliphatic carbocycles.